The van der Waals surface area contributed by atoms with Crippen molar-refractivity contribution in [2.45, 2.75) is 71.1 Å². The predicted octanol–water partition coefficient (Wildman–Crippen LogP) is 9.11. The summed E-state index contributed by atoms with van der Waals surface area (Å²) >= 11 is 0. The monoisotopic (exact) mass is 413 g/mol. The second kappa shape index (κ2) is 9.60. The molecule has 2 heteroatoms. The molecule has 0 amide bonds. The van der Waals surface area contributed by atoms with E-state index in [1.54, 1.807) is 0 Å². The molecule has 0 aliphatic heterocycles. The first kappa shape index (κ1) is 21.5. The van der Waals surface area contributed by atoms with Gasteiger partial charge in [-0.15, -0.1) is 0 Å². The molecule has 1 fully saturated rings. The number of para-hydroxylation sites is 2. The lowest BCUT2D eigenvalue weighted by Gasteiger charge is -2.16. The number of fused-ring (bicyclic) bond motifs is 1. The fourth-order valence-corrected chi connectivity index (χ4v) is 4.99. The lowest BCUT2D eigenvalue weighted by Crippen LogP contribution is -2.03. The van der Waals surface area contributed by atoms with Crippen LogP contribution >= 0.6 is 0 Å². The van der Waals surface area contributed by atoms with Gasteiger partial charge in [-0.1, -0.05) is 94.7 Å². The van der Waals surface area contributed by atoms with Crippen molar-refractivity contribution < 1.29 is 4.42 Å². The van der Waals surface area contributed by atoms with Crippen molar-refractivity contribution in [1.29, 1.82) is 0 Å². The molecule has 1 N–H and O–H groups in total. The number of benzene rings is 2. The summed E-state index contributed by atoms with van der Waals surface area (Å²) in [6, 6.07) is 15.2. The highest BCUT2D eigenvalue weighted by Crippen LogP contribution is 2.40. The van der Waals surface area contributed by atoms with Crippen molar-refractivity contribution >= 4 is 28.4 Å². The average Bonchev–Trinajstić information content (AvgIpc) is 2.95. The average molecular weight is 414 g/mol. The van der Waals surface area contributed by atoms with Gasteiger partial charge >= 0.3 is 0 Å². The first-order valence-electron chi connectivity index (χ1n) is 11.8. The second-order valence-electron chi connectivity index (χ2n) is 9.03. The molecule has 1 aromatic heterocycles. The molecule has 1 aliphatic rings. The van der Waals surface area contributed by atoms with Crippen LogP contribution in [-0.4, -0.2) is 0 Å². The third-order valence-corrected chi connectivity index (χ3v) is 6.67. The second-order valence-corrected chi connectivity index (χ2v) is 9.03. The van der Waals surface area contributed by atoms with Crippen molar-refractivity contribution in [2.75, 3.05) is 5.32 Å². The van der Waals surface area contributed by atoms with Crippen molar-refractivity contribution in [2.24, 2.45) is 0 Å². The zero-order valence-corrected chi connectivity index (χ0v) is 19.2. The molecular weight excluding hydrogens is 378 g/mol. The molecule has 0 saturated heterocycles. The van der Waals surface area contributed by atoms with Crippen molar-refractivity contribution in [1.82, 2.24) is 0 Å². The number of hydrogen-bond donors (Lipinski definition) is 1. The third kappa shape index (κ3) is 4.35. The molecule has 1 heterocycles. The molecule has 4 rings (SSSR count). The van der Waals surface area contributed by atoms with E-state index in [1.807, 2.05) is 6.08 Å². The molecule has 0 radical (unpaired) electrons. The first-order valence-corrected chi connectivity index (χ1v) is 11.8. The Kier molecular flexibility index (Phi) is 6.65. The van der Waals surface area contributed by atoms with Crippen molar-refractivity contribution in [3.63, 3.8) is 0 Å². The quantitative estimate of drug-likeness (QED) is 0.408. The summed E-state index contributed by atoms with van der Waals surface area (Å²) in [4.78, 5) is 0. The third-order valence-electron chi connectivity index (χ3n) is 6.67. The van der Waals surface area contributed by atoms with Crippen LogP contribution in [0.4, 0.5) is 5.69 Å². The molecule has 31 heavy (non-hydrogen) atoms. The van der Waals surface area contributed by atoms with E-state index >= 15 is 0 Å². The van der Waals surface area contributed by atoms with Crippen LogP contribution in [0.2, 0.25) is 0 Å². The van der Waals surface area contributed by atoms with Crippen LogP contribution in [0.5, 0.6) is 0 Å². The van der Waals surface area contributed by atoms with E-state index in [2.05, 4.69) is 81.2 Å². The maximum atomic E-state index is 6.64. The Morgan fingerprint density at radius 2 is 1.77 bits per heavy atom. The smallest absolute Gasteiger partial charge is 0.158 e. The molecule has 1 saturated carbocycles. The Bertz CT molecular complexity index is 1080. The molecule has 3 aromatic rings. The summed E-state index contributed by atoms with van der Waals surface area (Å²) in [6.45, 7) is 10.6. The van der Waals surface area contributed by atoms with Gasteiger partial charge in [-0.05, 0) is 48.8 Å². The molecule has 1 aliphatic carbocycles. The van der Waals surface area contributed by atoms with E-state index < -0.39 is 0 Å². The Hall–Kier alpha value is -2.74. The minimum atomic E-state index is 0.443. The van der Waals surface area contributed by atoms with E-state index in [4.69, 9.17) is 4.42 Å². The standard InChI is InChI=1S/C29H35NO/c1-5-22-25-18-13-17-24(21-14-9-7-8-10-15-21)28(25)31-29(22)26(6-2)30-27-19-12-11-16-23(27)20(3)4/h5-6,11-13,16-21,30H,1,7-10,14-15H2,2-4H3/b26-6+. The van der Waals surface area contributed by atoms with Gasteiger partial charge in [0.1, 0.15) is 5.58 Å². The lowest BCUT2D eigenvalue weighted by atomic mass is 9.90. The van der Waals surface area contributed by atoms with Gasteiger partial charge in [0, 0.05) is 16.6 Å². The van der Waals surface area contributed by atoms with Gasteiger partial charge in [0.15, 0.2) is 5.76 Å². The Morgan fingerprint density at radius 1 is 1.03 bits per heavy atom. The molecule has 2 aromatic carbocycles. The number of hydrogen-bond acceptors (Lipinski definition) is 2. The Balaban J connectivity index is 1.78. The summed E-state index contributed by atoms with van der Waals surface area (Å²) in [5.41, 5.74) is 6.91. The fraction of sp³-hybridized carbons (Fsp3) is 0.379. The van der Waals surface area contributed by atoms with E-state index in [-0.39, 0.29) is 0 Å². The van der Waals surface area contributed by atoms with Crippen LogP contribution in [0, 0.1) is 0 Å². The summed E-state index contributed by atoms with van der Waals surface area (Å²) in [7, 11) is 0. The van der Waals surface area contributed by atoms with Gasteiger partial charge in [-0.3, -0.25) is 0 Å². The van der Waals surface area contributed by atoms with Gasteiger partial charge in [0.05, 0.1) is 5.70 Å². The van der Waals surface area contributed by atoms with E-state index in [1.165, 1.54) is 55.0 Å². The van der Waals surface area contributed by atoms with Crippen molar-refractivity contribution in [3.8, 4) is 0 Å². The minimum Gasteiger partial charge on any atom is -0.454 e. The van der Waals surface area contributed by atoms with Crippen LogP contribution in [0.15, 0.2) is 59.5 Å². The van der Waals surface area contributed by atoms with E-state index in [0.717, 1.165) is 28.3 Å². The summed E-state index contributed by atoms with van der Waals surface area (Å²) in [5.74, 6) is 1.91. The van der Waals surface area contributed by atoms with Gasteiger partial charge in [0.2, 0.25) is 0 Å². The fourth-order valence-electron chi connectivity index (χ4n) is 4.99. The molecule has 0 unspecified atom stereocenters. The molecular formula is C29H35NO. The molecule has 0 spiro atoms. The van der Waals surface area contributed by atoms with Gasteiger partial charge in [0.25, 0.3) is 0 Å². The molecule has 162 valence electrons. The summed E-state index contributed by atoms with van der Waals surface area (Å²) < 4.78 is 6.64. The maximum absolute atomic E-state index is 6.64. The largest absolute Gasteiger partial charge is 0.454 e. The van der Waals surface area contributed by atoms with Crippen molar-refractivity contribution in [3.05, 3.63) is 77.6 Å². The normalized spacial score (nSPS) is 15.9. The Labute approximate surface area is 187 Å². The minimum absolute atomic E-state index is 0.443. The van der Waals surface area contributed by atoms with E-state index in [9.17, 15) is 0 Å². The molecule has 0 bridgehead atoms. The maximum Gasteiger partial charge on any atom is 0.158 e. The highest BCUT2D eigenvalue weighted by Gasteiger charge is 2.23. The summed E-state index contributed by atoms with van der Waals surface area (Å²) in [5, 5.41) is 4.83. The number of anilines is 1. The van der Waals surface area contributed by atoms with Crippen LogP contribution < -0.4 is 5.32 Å². The number of allylic oxidation sites excluding steroid dienone is 1. The summed E-state index contributed by atoms with van der Waals surface area (Å²) in [6.07, 6.45) is 11.9. The Morgan fingerprint density at radius 3 is 2.45 bits per heavy atom. The number of rotatable bonds is 6. The topological polar surface area (TPSA) is 25.2 Å². The highest BCUT2D eigenvalue weighted by atomic mass is 16.3. The SMILES string of the molecule is C=Cc1c(/C(=C\C)Nc2ccccc2C(C)C)oc2c(C3CCCCCC3)cccc12. The van der Waals surface area contributed by atoms with Crippen LogP contribution in [-0.2, 0) is 0 Å². The predicted molar refractivity (Wildman–Crippen MR) is 135 cm³/mol. The number of nitrogens with one attached hydrogen (secondary N) is 1. The molecule has 0 atom stereocenters. The zero-order valence-electron chi connectivity index (χ0n) is 19.2. The lowest BCUT2D eigenvalue weighted by molar-refractivity contribution is 0.560. The highest BCUT2D eigenvalue weighted by molar-refractivity contribution is 5.95. The van der Waals surface area contributed by atoms with Gasteiger partial charge < -0.3 is 9.73 Å². The van der Waals surface area contributed by atoms with E-state index in [0.29, 0.717) is 11.8 Å². The molecule has 2 nitrogen and oxygen atoms in total. The van der Waals surface area contributed by atoms with Gasteiger partial charge in [-0.25, -0.2) is 0 Å². The van der Waals surface area contributed by atoms with Crippen LogP contribution in [0.25, 0.3) is 22.7 Å². The zero-order chi connectivity index (χ0) is 21.8. The number of furan rings is 1. The van der Waals surface area contributed by atoms with Crippen LogP contribution in [0.3, 0.4) is 0 Å². The van der Waals surface area contributed by atoms with Crippen LogP contribution in [0.1, 0.15) is 93.6 Å². The van der Waals surface area contributed by atoms with Gasteiger partial charge in [-0.2, -0.15) is 0 Å². The first-order chi connectivity index (χ1) is 15.1.